The molecule has 2 nitrogen and oxygen atoms in total. The molecule has 2 aromatic rings. The topological polar surface area (TPSA) is 29.5 Å². The Labute approximate surface area is 125 Å². The van der Waals surface area contributed by atoms with E-state index in [0.717, 1.165) is 18.1 Å². The Morgan fingerprint density at radius 3 is 2.90 bits per heavy atom. The number of fused-ring (bicyclic) bond motifs is 1. The van der Waals surface area contributed by atoms with Crippen molar-refractivity contribution in [2.75, 3.05) is 6.61 Å². The summed E-state index contributed by atoms with van der Waals surface area (Å²) in [5.74, 6) is -1.26. The molecule has 0 aromatic heterocycles. The van der Waals surface area contributed by atoms with Gasteiger partial charge in [0.2, 0.25) is 0 Å². The highest BCUT2D eigenvalue weighted by Crippen LogP contribution is 2.37. The normalized spacial score (nSPS) is 14.7. The van der Waals surface area contributed by atoms with Gasteiger partial charge in [0.1, 0.15) is 5.75 Å². The molecule has 0 saturated carbocycles. The molecule has 0 saturated heterocycles. The van der Waals surface area contributed by atoms with Crippen LogP contribution in [0.4, 0.5) is 8.78 Å². The minimum atomic E-state index is -1.01. The molecule has 110 valence electrons. The molecule has 0 spiro atoms. The molecule has 1 aliphatic rings. The van der Waals surface area contributed by atoms with Crippen molar-refractivity contribution in [2.24, 2.45) is 0 Å². The summed E-state index contributed by atoms with van der Waals surface area (Å²) in [6, 6.07) is 7.31. The predicted molar refractivity (Wildman–Crippen MR) is 75.7 cm³/mol. The van der Waals surface area contributed by atoms with Gasteiger partial charge in [-0.3, -0.25) is 0 Å². The minimum Gasteiger partial charge on any atom is -0.493 e. The van der Waals surface area contributed by atoms with Crippen LogP contribution in [0.25, 0.3) is 0 Å². The van der Waals surface area contributed by atoms with Crippen molar-refractivity contribution in [2.45, 2.75) is 18.9 Å². The highest BCUT2D eigenvalue weighted by Gasteiger charge is 2.23. The molecule has 0 fully saturated rings. The van der Waals surface area contributed by atoms with E-state index in [1.165, 1.54) is 12.1 Å². The number of rotatable bonds is 3. The van der Waals surface area contributed by atoms with Gasteiger partial charge in [-0.1, -0.05) is 23.7 Å². The lowest BCUT2D eigenvalue weighted by Crippen LogP contribution is -2.06. The largest absolute Gasteiger partial charge is 0.493 e. The SMILES string of the molecule is OC(Cc1cccc(F)c1F)c1cc(Cl)cc2c1OCC2. The molecule has 1 N–H and O–H groups in total. The van der Waals surface area contributed by atoms with Gasteiger partial charge in [0.05, 0.1) is 12.7 Å². The zero-order valence-electron chi connectivity index (χ0n) is 11.1. The highest BCUT2D eigenvalue weighted by molar-refractivity contribution is 6.30. The van der Waals surface area contributed by atoms with Crippen molar-refractivity contribution in [3.63, 3.8) is 0 Å². The minimum absolute atomic E-state index is 0.0419. The maximum Gasteiger partial charge on any atom is 0.162 e. The molecule has 2 aromatic carbocycles. The van der Waals surface area contributed by atoms with E-state index in [-0.39, 0.29) is 12.0 Å². The van der Waals surface area contributed by atoms with Crippen molar-refractivity contribution in [1.82, 2.24) is 0 Å². The molecule has 0 radical (unpaired) electrons. The molecule has 1 unspecified atom stereocenters. The Balaban J connectivity index is 1.93. The van der Waals surface area contributed by atoms with Gasteiger partial charge in [-0.15, -0.1) is 0 Å². The van der Waals surface area contributed by atoms with Crippen LogP contribution >= 0.6 is 11.6 Å². The summed E-state index contributed by atoms with van der Waals surface area (Å²) in [6.45, 7) is 0.531. The van der Waals surface area contributed by atoms with Gasteiger partial charge in [-0.25, -0.2) is 8.78 Å². The Morgan fingerprint density at radius 1 is 1.29 bits per heavy atom. The van der Waals surface area contributed by atoms with Gasteiger partial charge in [0.25, 0.3) is 0 Å². The second-order valence-electron chi connectivity index (χ2n) is 5.01. The first kappa shape index (κ1) is 14.3. The third kappa shape index (κ3) is 2.74. The molecule has 21 heavy (non-hydrogen) atoms. The van der Waals surface area contributed by atoms with Crippen LogP contribution in [0.3, 0.4) is 0 Å². The van der Waals surface area contributed by atoms with Crippen molar-refractivity contribution < 1.29 is 18.6 Å². The summed E-state index contributed by atoms with van der Waals surface area (Å²) in [7, 11) is 0. The highest BCUT2D eigenvalue weighted by atomic mass is 35.5. The Hall–Kier alpha value is -1.65. The van der Waals surface area contributed by atoms with E-state index in [4.69, 9.17) is 16.3 Å². The lowest BCUT2D eigenvalue weighted by molar-refractivity contribution is 0.172. The van der Waals surface area contributed by atoms with Gasteiger partial charge in [0.15, 0.2) is 11.6 Å². The van der Waals surface area contributed by atoms with E-state index in [1.54, 1.807) is 12.1 Å². The maximum atomic E-state index is 13.7. The van der Waals surface area contributed by atoms with Crippen LogP contribution < -0.4 is 4.74 Å². The molecule has 5 heteroatoms. The van der Waals surface area contributed by atoms with E-state index < -0.39 is 17.7 Å². The van der Waals surface area contributed by atoms with Crippen molar-refractivity contribution in [3.8, 4) is 5.75 Å². The Morgan fingerprint density at radius 2 is 2.10 bits per heavy atom. The van der Waals surface area contributed by atoms with Gasteiger partial charge in [-0.05, 0) is 29.3 Å². The second kappa shape index (κ2) is 5.62. The quantitative estimate of drug-likeness (QED) is 0.933. The fraction of sp³-hybridized carbons (Fsp3) is 0.250. The summed E-state index contributed by atoms with van der Waals surface area (Å²) >= 11 is 6.03. The fourth-order valence-corrected chi connectivity index (χ4v) is 2.82. The number of hydrogen-bond acceptors (Lipinski definition) is 2. The van der Waals surface area contributed by atoms with Crippen LogP contribution in [0.1, 0.15) is 22.8 Å². The van der Waals surface area contributed by atoms with Crippen LogP contribution in [0, 0.1) is 11.6 Å². The van der Waals surface area contributed by atoms with Gasteiger partial charge < -0.3 is 9.84 Å². The number of ether oxygens (including phenoxy) is 1. The van der Waals surface area contributed by atoms with E-state index in [2.05, 4.69) is 0 Å². The summed E-state index contributed by atoms with van der Waals surface area (Å²) in [5, 5.41) is 10.8. The fourth-order valence-electron chi connectivity index (χ4n) is 2.57. The molecule has 1 atom stereocenters. The van der Waals surface area contributed by atoms with Crippen LogP contribution in [0.2, 0.25) is 5.02 Å². The average molecular weight is 311 g/mol. The zero-order valence-corrected chi connectivity index (χ0v) is 11.8. The second-order valence-corrected chi connectivity index (χ2v) is 5.45. The van der Waals surface area contributed by atoms with E-state index >= 15 is 0 Å². The summed E-state index contributed by atoms with van der Waals surface area (Å²) in [4.78, 5) is 0. The molecule has 0 bridgehead atoms. The van der Waals surface area contributed by atoms with Crippen LogP contribution in [0.15, 0.2) is 30.3 Å². The van der Waals surface area contributed by atoms with Gasteiger partial charge >= 0.3 is 0 Å². The molecule has 0 aliphatic carbocycles. The number of aliphatic hydroxyl groups excluding tert-OH is 1. The molecule has 1 aliphatic heterocycles. The standard InChI is InChI=1S/C16H13ClF2O2/c17-11-6-10-4-5-21-16(10)12(8-11)14(20)7-9-2-1-3-13(18)15(9)19/h1-3,6,8,14,20H,4-5,7H2. The zero-order chi connectivity index (χ0) is 15.0. The molecular formula is C16H13ClF2O2. The Kier molecular flexibility index (Phi) is 3.83. The third-order valence-electron chi connectivity index (χ3n) is 3.58. The number of aliphatic hydroxyl groups is 1. The smallest absolute Gasteiger partial charge is 0.162 e. The first-order valence-electron chi connectivity index (χ1n) is 6.62. The summed E-state index contributed by atoms with van der Waals surface area (Å²) in [5.41, 5.74) is 1.56. The van der Waals surface area contributed by atoms with Crippen LogP contribution in [-0.2, 0) is 12.8 Å². The van der Waals surface area contributed by atoms with Crippen molar-refractivity contribution in [1.29, 1.82) is 0 Å². The molecule has 0 amide bonds. The van der Waals surface area contributed by atoms with Gasteiger partial charge in [-0.2, -0.15) is 0 Å². The molecule has 1 heterocycles. The molecule has 3 rings (SSSR count). The number of hydrogen-bond donors (Lipinski definition) is 1. The predicted octanol–water partition coefficient (Wildman–Crippen LogP) is 3.83. The molecular weight excluding hydrogens is 298 g/mol. The lowest BCUT2D eigenvalue weighted by atomic mass is 9.98. The number of benzene rings is 2. The number of halogens is 3. The van der Waals surface area contributed by atoms with E-state index in [9.17, 15) is 13.9 Å². The third-order valence-corrected chi connectivity index (χ3v) is 3.80. The van der Waals surface area contributed by atoms with Gasteiger partial charge in [0, 0.05) is 23.4 Å². The average Bonchev–Trinajstić information content (AvgIpc) is 2.90. The maximum absolute atomic E-state index is 13.7. The first-order chi connectivity index (χ1) is 10.1. The summed E-state index contributed by atoms with van der Waals surface area (Å²) < 4.78 is 32.4. The van der Waals surface area contributed by atoms with Crippen molar-refractivity contribution in [3.05, 3.63) is 63.7 Å². The lowest BCUT2D eigenvalue weighted by Gasteiger charge is -2.16. The van der Waals surface area contributed by atoms with Crippen LogP contribution in [-0.4, -0.2) is 11.7 Å². The van der Waals surface area contributed by atoms with E-state index in [0.29, 0.717) is 22.9 Å². The summed E-state index contributed by atoms with van der Waals surface area (Å²) in [6.07, 6.45) is -0.323. The van der Waals surface area contributed by atoms with E-state index in [1.807, 2.05) is 0 Å². The first-order valence-corrected chi connectivity index (χ1v) is 7.00. The van der Waals surface area contributed by atoms with Crippen LogP contribution in [0.5, 0.6) is 5.75 Å². The Bertz CT molecular complexity index is 688. The van der Waals surface area contributed by atoms with Crippen molar-refractivity contribution >= 4 is 11.6 Å². The monoisotopic (exact) mass is 310 g/mol.